The van der Waals surface area contributed by atoms with Gasteiger partial charge in [0.1, 0.15) is 5.69 Å². The molecule has 148 valence electrons. The highest BCUT2D eigenvalue weighted by atomic mass is 35.5. The number of aryl methyl sites for hydroxylation is 2. The summed E-state index contributed by atoms with van der Waals surface area (Å²) in [5.74, 6) is -0.658. The predicted octanol–water partition coefficient (Wildman–Crippen LogP) is 3.79. The summed E-state index contributed by atoms with van der Waals surface area (Å²) in [7, 11) is 1.62. The van der Waals surface area contributed by atoms with Crippen molar-refractivity contribution in [3.05, 3.63) is 82.1 Å². The topological polar surface area (TPSA) is 88.4 Å². The summed E-state index contributed by atoms with van der Waals surface area (Å²) in [5.41, 5.74) is 6.31. The van der Waals surface area contributed by atoms with E-state index in [9.17, 15) is 9.59 Å². The molecule has 0 bridgehead atoms. The van der Waals surface area contributed by atoms with Gasteiger partial charge in [-0.05, 0) is 43.7 Å². The summed E-state index contributed by atoms with van der Waals surface area (Å²) in [6.07, 6.45) is 1.40. The average molecular weight is 410 g/mol. The Kier molecular flexibility index (Phi) is 6.09. The molecule has 1 aromatic heterocycles. The number of hydrogen-bond donors (Lipinski definition) is 2. The minimum Gasteiger partial charge on any atom is -0.322 e. The zero-order valence-electron chi connectivity index (χ0n) is 16.2. The SMILES string of the molecule is CC(=NNC(=O)c1c(Cl)cnn1C)c1cccc(NC(=O)c2ccc(C)cc2)c1. The number of benzene rings is 2. The van der Waals surface area contributed by atoms with Crippen molar-refractivity contribution in [2.24, 2.45) is 12.1 Å². The van der Waals surface area contributed by atoms with Crippen molar-refractivity contribution in [2.45, 2.75) is 13.8 Å². The van der Waals surface area contributed by atoms with Crippen molar-refractivity contribution < 1.29 is 9.59 Å². The van der Waals surface area contributed by atoms with Crippen molar-refractivity contribution >= 4 is 34.8 Å². The first-order valence-corrected chi connectivity index (χ1v) is 9.23. The lowest BCUT2D eigenvalue weighted by atomic mass is 10.1. The van der Waals surface area contributed by atoms with Crippen LogP contribution in [0.2, 0.25) is 5.02 Å². The second-order valence-corrected chi connectivity index (χ2v) is 6.91. The van der Waals surface area contributed by atoms with E-state index in [1.165, 1.54) is 10.9 Å². The predicted molar refractivity (Wildman–Crippen MR) is 113 cm³/mol. The maximum absolute atomic E-state index is 12.4. The third-order valence-corrected chi connectivity index (χ3v) is 4.56. The van der Waals surface area contributed by atoms with Gasteiger partial charge < -0.3 is 5.32 Å². The van der Waals surface area contributed by atoms with E-state index in [-0.39, 0.29) is 16.6 Å². The number of aromatic nitrogens is 2. The highest BCUT2D eigenvalue weighted by Crippen LogP contribution is 2.15. The van der Waals surface area contributed by atoms with Crippen LogP contribution in [0, 0.1) is 6.92 Å². The third kappa shape index (κ3) is 4.89. The fourth-order valence-electron chi connectivity index (χ4n) is 2.65. The van der Waals surface area contributed by atoms with Gasteiger partial charge in [-0.2, -0.15) is 10.2 Å². The number of carbonyl (C=O) groups excluding carboxylic acids is 2. The standard InChI is InChI=1S/C21H20ClN5O2/c1-13-7-9-15(10-8-13)20(28)24-17-6-4-5-16(11-17)14(2)25-26-21(29)19-18(22)12-23-27(19)3/h4-12H,1-3H3,(H,24,28)(H,26,29). The zero-order chi connectivity index (χ0) is 21.0. The Morgan fingerprint density at radius 1 is 1.07 bits per heavy atom. The van der Waals surface area contributed by atoms with Crippen LogP contribution in [0.25, 0.3) is 0 Å². The first kappa shape index (κ1) is 20.3. The van der Waals surface area contributed by atoms with Crippen molar-refractivity contribution in [1.29, 1.82) is 0 Å². The van der Waals surface area contributed by atoms with E-state index in [0.29, 0.717) is 17.0 Å². The van der Waals surface area contributed by atoms with Crippen LogP contribution in [-0.4, -0.2) is 27.3 Å². The molecule has 2 amide bonds. The monoisotopic (exact) mass is 409 g/mol. The number of hydrazone groups is 1. The second-order valence-electron chi connectivity index (χ2n) is 6.50. The van der Waals surface area contributed by atoms with Gasteiger partial charge in [-0.3, -0.25) is 14.3 Å². The zero-order valence-corrected chi connectivity index (χ0v) is 17.0. The first-order chi connectivity index (χ1) is 13.8. The van der Waals surface area contributed by atoms with Crippen LogP contribution in [0.5, 0.6) is 0 Å². The molecule has 8 heteroatoms. The molecule has 0 spiro atoms. The van der Waals surface area contributed by atoms with Gasteiger partial charge in [0, 0.05) is 18.3 Å². The average Bonchev–Trinajstić information content (AvgIpc) is 3.04. The Bertz CT molecular complexity index is 1070. The molecule has 0 unspecified atom stereocenters. The maximum atomic E-state index is 12.4. The molecule has 0 saturated carbocycles. The molecular weight excluding hydrogens is 390 g/mol. The molecule has 29 heavy (non-hydrogen) atoms. The van der Waals surface area contributed by atoms with E-state index in [2.05, 4.69) is 20.9 Å². The van der Waals surface area contributed by atoms with Gasteiger partial charge in [0.05, 0.1) is 16.9 Å². The molecule has 2 aromatic carbocycles. The van der Waals surface area contributed by atoms with Gasteiger partial charge in [0.15, 0.2) is 0 Å². The highest BCUT2D eigenvalue weighted by molar-refractivity contribution is 6.33. The van der Waals surface area contributed by atoms with Gasteiger partial charge >= 0.3 is 0 Å². The molecule has 0 radical (unpaired) electrons. The highest BCUT2D eigenvalue weighted by Gasteiger charge is 2.15. The van der Waals surface area contributed by atoms with Crippen LogP contribution in [0.1, 0.15) is 38.9 Å². The van der Waals surface area contributed by atoms with Gasteiger partial charge in [-0.1, -0.05) is 41.4 Å². The molecule has 0 fully saturated rings. The van der Waals surface area contributed by atoms with Crippen molar-refractivity contribution in [2.75, 3.05) is 5.32 Å². The fourth-order valence-corrected chi connectivity index (χ4v) is 2.90. The van der Waals surface area contributed by atoms with E-state index in [1.807, 2.05) is 25.1 Å². The molecule has 0 aliphatic rings. The summed E-state index contributed by atoms with van der Waals surface area (Å²) < 4.78 is 1.38. The van der Waals surface area contributed by atoms with Gasteiger partial charge in [0.2, 0.25) is 0 Å². The molecule has 0 saturated heterocycles. The molecule has 0 aliphatic heterocycles. The van der Waals surface area contributed by atoms with Crippen molar-refractivity contribution in [3.63, 3.8) is 0 Å². The van der Waals surface area contributed by atoms with Crippen molar-refractivity contribution in [1.82, 2.24) is 15.2 Å². The largest absolute Gasteiger partial charge is 0.322 e. The lowest BCUT2D eigenvalue weighted by Gasteiger charge is -2.08. The molecule has 7 nitrogen and oxygen atoms in total. The molecule has 2 N–H and O–H groups in total. The molecular formula is C21H20ClN5O2. The first-order valence-electron chi connectivity index (χ1n) is 8.85. The van der Waals surface area contributed by atoms with Crippen LogP contribution < -0.4 is 10.7 Å². The third-order valence-electron chi connectivity index (χ3n) is 4.29. The van der Waals surface area contributed by atoms with Crippen LogP contribution in [0.15, 0.2) is 59.8 Å². The quantitative estimate of drug-likeness (QED) is 0.496. The second kappa shape index (κ2) is 8.70. The number of hydrogen-bond acceptors (Lipinski definition) is 4. The molecule has 3 rings (SSSR count). The number of carbonyl (C=O) groups is 2. The van der Waals surface area contributed by atoms with E-state index in [4.69, 9.17) is 11.6 Å². The summed E-state index contributed by atoms with van der Waals surface area (Å²) >= 11 is 5.97. The van der Waals surface area contributed by atoms with Gasteiger partial charge in [0.25, 0.3) is 11.8 Å². The van der Waals surface area contributed by atoms with Gasteiger partial charge in [-0.15, -0.1) is 0 Å². The van der Waals surface area contributed by atoms with Crippen LogP contribution in [-0.2, 0) is 7.05 Å². The van der Waals surface area contributed by atoms with E-state index in [0.717, 1.165) is 11.1 Å². The van der Waals surface area contributed by atoms with Crippen LogP contribution >= 0.6 is 11.6 Å². The minimum atomic E-state index is -0.460. The lowest BCUT2D eigenvalue weighted by molar-refractivity contribution is 0.0945. The van der Waals surface area contributed by atoms with E-state index >= 15 is 0 Å². The Hall–Kier alpha value is -3.45. The van der Waals surface area contributed by atoms with E-state index in [1.54, 1.807) is 44.3 Å². The minimum absolute atomic E-state index is 0.198. The molecule has 0 aliphatic carbocycles. The lowest BCUT2D eigenvalue weighted by Crippen LogP contribution is -2.22. The molecule has 0 atom stereocenters. The maximum Gasteiger partial charge on any atom is 0.291 e. The molecule has 3 aromatic rings. The summed E-state index contributed by atoms with van der Waals surface area (Å²) in [4.78, 5) is 24.7. The van der Waals surface area contributed by atoms with Crippen LogP contribution in [0.3, 0.4) is 0 Å². The number of nitrogens with one attached hydrogen (secondary N) is 2. The Morgan fingerprint density at radius 3 is 2.45 bits per heavy atom. The fraction of sp³-hybridized carbons (Fsp3) is 0.143. The molecule has 1 heterocycles. The number of rotatable bonds is 5. The summed E-state index contributed by atoms with van der Waals surface area (Å²) in [6.45, 7) is 3.72. The summed E-state index contributed by atoms with van der Waals surface area (Å²) in [6, 6.07) is 14.5. The number of nitrogens with zero attached hydrogens (tertiary/aromatic N) is 3. The number of amides is 2. The normalized spacial score (nSPS) is 11.2. The smallest absolute Gasteiger partial charge is 0.291 e. The number of halogens is 1. The summed E-state index contributed by atoms with van der Waals surface area (Å²) in [5, 5.41) is 11.2. The van der Waals surface area contributed by atoms with Gasteiger partial charge in [-0.25, -0.2) is 5.43 Å². The van der Waals surface area contributed by atoms with Crippen molar-refractivity contribution in [3.8, 4) is 0 Å². The van der Waals surface area contributed by atoms with Crippen LogP contribution in [0.4, 0.5) is 5.69 Å². The Labute approximate surface area is 173 Å². The number of anilines is 1. The van der Waals surface area contributed by atoms with E-state index < -0.39 is 5.91 Å². The Morgan fingerprint density at radius 2 is 1.79 bits per heavy atom. The Balaban J connectivity index is 1.71.